The standard InChI is InChI=1S/C27H25N3O5S/c1-15-7-11-21(16(2)29-15)25(31)26-24(30-27(28)32)22-12-9-19(14-23(22)34-26)35-36(33)20-10-8-17-5-3-4-6-18(17)13-20/h7-14H,3-6H2,1-2H3,(H3,28,30,32). The third-order valence-electron chi connectivity index (χ3n) is 6.27. The quantitative estimate of drug-likeness (QED) is 0.351. The number of urea groups is 1. The lowest BCUT2D eigenvalue weighted by Crippen LogP contribution is -2.20. The molecule has 0 saturated heterocycles. The number of nitrogens with two attached hydrogens (primary N) is 1. The van der Waals surface area contributed by atoms with Crippen LogP contribution in [0.2, 0.25) is 0 Å². The highest BCUT2D eigenvalue weighted by Crippen LogP contribution is 2.35. The molecule has 1 aliphatic carbocycles. The van der Waals surface area contributed by atoms with Gasteiger partial charge in [0.15, 0.2) is 5.76 Å². The normalized spacial score (nSPS) is 13.7. The third-order valence-corrected chi connectivity index (χ3v) is 7.25. The van der Waals surface area contributed by atoms with E-state index in [1.807, 2.05) is 25.1 Å². The van der Waals surface area contributed by atoms with Crippen molar-refractivity contribution in [3.63, 3.8) is 0 Å². The number of pyridine rings is 1. The van der Waals surface area contributed by atoms with Crippen LogP contribution in [0.15, 0.2) is 57.8 Å². The first-order chi connectivity index (χ1) is 17.3. The van der Waals surface area contributed by atoms with Gasteiger partial charge in [-0.05, 0) is 87.1 Å². The Morgan fingerprint density at radius 2 is 1.81 bits per heavy atom. The highest BCUT2D eigenvalue weighted by atomic mass is 32.2. The van der Waals surface area contributed by atoms with Crippen molar-refractivity contribution in [2.75, 3.05) is 5.32 Å². The van der Waals surface area contributed by atoms with Crippen molar-refractivity contribution < 1.29 is 22.4 Å². The van der Waals surface area contributed by atoms with Gasteiger partial charge in [0.1, 0.15) is 17.0 Å². The molecule has 2 heterocycles. The summed E-state index contributed by atoms with van der Waals surface area (Å²) in [5.74, 6) is -0.226. The van der Waals surface area contributed by atoms with E-state index >= 15 is 0 Å². The summed E-state index contributed by atoms with van der Waals surface area (Å²) >= 11 is -1.73. The monoisotopic (exact) mass is 503 g/mol. The van der Waals surface area contributed by atoms with E-state index in [4.69, 9.17) is 14.3 Å². The molecule has 0 radical (unpaired) electrons. The molecule has 3 N–H and O–H groups in total. The zero-order chi connectivity index (χ0) is 25.4. The number of nitrogens with zero attached hydrogens (tertiary/aromatic N) is 1. The van der Waals surface area contributed by atoms with Gasteiger partial charge in [-0.1, -0.05) is 6.07 Å². The number of furan rings is 1. The summed E-state index contributed by atoms with van der Waals surface area (Å²) in [5, 5.41) is 2.96. The van der Waals surface area contributed by atoms with E-state index in [9.17, 15) is 13.8 Å². The molecule has 8 nitrogen and oxygen atoms in total. The van der Waals surface area contributed by atoms with Gasteiger partial charge in [0.25, 0.3) is 0 Å². The number of nitrogens with one attached hydrogen (secondary N) is 1. The van der Waals surface area contributed by atoms with E-state index in [0.717, 1.165) is 25.0 Å². The number of fused-ring (bicyclic) bond motifs is 2. The van der Waals surface area contributed by atoms with Crippen LogP contribution >= 0.6 is 0 Å². The molecule has 36 heavy (non-hydrogen) atoms. The number of aromatic nitrogens is 1. The van der Waals surface area contributed by atoms with Gasteiger partial charge in [0, 0.05) is 28.4 Å². The number of amides is 2. The molecule has 0 aliphatic heterocycles. The maximum atomic E-state index is 13.3. The third kappa shape index (κ3) is 4.61. The van der Waals surface area contributed by atoms with Gasteiger partial charge >= 0.3 is 6.03 Å². The summed E-state index contributed by atoms with van der Waals surface area (Å²) in [4.78, 5) is 29.9. The molecular formula is C27H25N3O5S. The van der Waals surface area contributed by atoms with Crippen LogP contribution < -0.4 is 15.2 Å². The Balaban J connectivity index is 1.48. The fourth-order valence-corrected chi connectivity index (χ4v) is 5.33. The molecule has 0 fully saturated rings. The maximum Gasteiger partial charge on any atom is 0.316 e. The van der Waals surface area contributed by atoms with Crippen molar-refractivity contribution in [1.82, 2.24) is 4.98 Å². The first-order valence-electron chi connectivity index (χ1n) is 11.6. The molecule has 5 rings (SSSR count). The number of hydrogen-bond donors (Lipinski definition) is 2. The minimum atomic E-state index is -1.73. The molecule has 2 aromatic heterocycles. The molecule has 0 spiro atoms. The molecule has 9 heteroatoms. The van der Waals surface area contributed by atoms with Crippen LogP contribution in [0.1, 0.15) is 51.5 Å². The van der Waals surface area contributed by atoms with Crippen LogP contribution in [-0.4, -0.2) is 21.0 Å². The van der Waals surface area contributed by atoms with Gasteiger partial charge in [-0.15, -0.1) is 0 Å². The van der Waals surface area contributed by atoms with Crippen molar-refractivity contribution in [2.24, 2.45) is 5.73 Å². The highest BCUT2D eigenvalue weighted by Gasteiger charge is 2.25. The van der Waals surface area contributed by atoms with Crippen LogP contribution in [0.4, 0.5) is 10.5 Å². The number of primary amides is 1. The van der Waals surface area contributed by atoms with Crippen molar-refractivity contribution >= 4 is 39.6 Å². The second kappa shape index (κ2) is 9.58. The number of benzene rings is 2. The van der Waals surface area contributed by atoms with Gasteiger partial charge < -0.3 is 19.7 Å². The van der Waals surface area contributed by atoms with Crippen molar-refractivity contribution in [2.45, 2.75) is 44.4 Å². The maximum absolute atomic E-state index is 13.3. The Bertz CT molecular complexity index is 1540. The molecule has 1 unspecified atom stereocenters. The highest BCUT2D eigenvalue weighted by molar-refractivity contribution is 7.80. The van der Waals surface area contributed by atoms with Crippen LogP contribution in [0.3, 0.4) is 0 Å². The number of anilines is 1. The molecule has 1 aliphatic rings. The Labute approximate surface area is 210 Å². The molecule has 1 atom stereocenters. The van der Waals surface area contributed by atoms with Crippen LogP contribution in [0.5, 0.6) is 5.75 Å². The summed E-state index contributed by atoms with van der Waals surface area (Å²) in [6.07, 6.45) is 4.31. The topological polar surface area (TPSA) is 125 Å². The molecule has 0 bridgehead atoms. The van der Waals surface area contributed by atoms with E-state index in [0.29, 0.717) is 27.3 Å². The van der Waals surface area contributed by atoms with Crippen molar-refractivity contribution in [3.8, 4) is 5.75 Å². The lowest BCUT2D eigenvalue weighted by atomic mass is 9.92. The number of carbonyl (C=O) groups is 2. The van der Waals surface area contributed by atoms with E-state index < -0.39 is 22.9 Å². The van der Waals surface area contributed by atoms with E-state index in [1.165, 1.54) is 23.6 Å². The Kier molecular flexibility index (Phi) is 6.32. The van der Waals surface area contributed by atoms with Gasteiger partial charge in [-0.3, -0.25) is 9.78 Å². The zero-order valence-electron chi connectivity index (χ0n) is 19.9. The van der Waals surface area contributed by atoms with E-state index in [2.05, 4.69) is 10.3 Å². The largest absolute Gasteiger partial charge is 0.450 e. The molecule has 4 aromatic rings. The summed E-state index contributed by atoms with van der Waals surface area (Å²) in [6, 6.07) is 13.1. The Hall–Kier alpha value is -3.98. The molecule has 2 aromatic carbocycles. The molecular weight excluding hydrogens is 478 g/mol. The fourth-order valence-electron chi connectivity index (χ4n) is 4.53. The Morgan fingerprint density at radius 3 is 2.56 bits per heavy atom. The number of carbonyl (C=O) groups excluding carboxylic acids is 2. The van der Waals surface area contributed by atoms with Crippen LogP contribution in [-0.2, 0) is 23.9 Å². The number of aryl methyl sites for hydroxylation is 4. The average molecular weight is 504 g/mol. The zero-order valence-corrected chi connectivity index (χ0v) is 20.7. The minimum absolute atomic E-state index is 0.0782. The van der Waals surface area contributed by atoms with E-state index in [-0.39, 0.29) is 17.0 Å². The fraction of sp³-hybridized carbons (Fsp3) is 0.222. The van der Waals surface area contributed by atoms with Gasteiger partial charge in [0.05, 0.1) is 4.90 Å². The number of rotatable bonds is 6. The SMILES string of the molecule is Cc1ccc(C(=O)c2oc3cc(OS(=O)c4ccc5c(c4)CCCC5)ccc3c2NC(N)=O)c(C)n1. The van der Waals surface area contributed by atoms with Gasteiger partial charge in [-0.2, -0.15) is 0 Å². The second-order valence-corrected chi connectivity index (χ2v) is 9.93. The first kappa shape index (κ1) is 23.7. The predicted octanol–water partition coefficient (Wildman–Crippen LogP) is 5.15. The summed E-state index contributed by atoms with van der Waals surface area (Å²) in [6.45, 7) is 3.56. The Morgan fingerprint density at radius 1 is 1.03 bits per heavy atom. The van der Waals surface area contributed by atoms with Crippen molar-refractivity contribution in [1.29, 1.82) is 0 Å². The average Bonchev–Trinajstić information content (AvgIpc) is 3.20. The van der Waals surface area contributed by atoms with Crippen LogP contribution in [0.25, 0.3) is 11.0 Å². The predicted molar refractivity (Wildman–Crippen MR) is 137 cm³/mol. The number of hydrogen-bond acceptors (Lipinski definition) is 6. The molecule has 184 valence electrons. The van der Waals surface area contributed by atoms with Crippen LogP contribution in [0, 0.1) is 13.8 Å². The summed E-state index contributed by atoms with van der Waals surface area (Å²) < 4.78 is 24.5. The lowest BCUT2D eigenvalue weighted by molar-refractivity contribution is 0.101. The minimum Gasteiger partial charge on any atom is -0.450 e. The van der Waals surface area contributed by atoms with E-state index in [1.54, 1.807) is 31.2 Å². The molecule has 0 saturated carbocycles. The summed E-state index contributed by atoms with van der Waals surface area (Å²) in [7, 11) is 0. The molecule has 2 amide bonds. The smallest absolute Gasteiger partial charge is 0.316 e. The lowest BCUT2D eigenvalue weighted by Gasteiger charge is -2.16. The van der Waals surface area contributed by atoms with Crippen molar-refractivity contribution in [3.05, 3.63) is 82.4 Å². The first-order valence-corrected chi connectivity index (χ1v) is 12.7. The van der Waals surface area contributed by atoms with Gasteiger partial charge in [-0.25, -0.2) is 9.00 Å². The summed E-state index contributed by atoms with van der Waals surface area (Å²) in [5.41, 5.74) is 9.96. The van der Waals surface area contributed by atoms with Gasteiger partial charge in [0.2, 0.25) is 16.9 Å². The second-order valence-electron chi connectivity index (χ2n) is 8.82. The number of ketones is 1.